The van der Waals surface area contributed by atoms with Crippen molar-refractivity contribution in [2.45, 2.75) is 32.3 Å². The zero-order valence-electron chi connectivity index (χ0n) is 11.0. The monoisotopic (exact) mass is 305 g/mol. The summed E-state index contributed by atoms with van der Waals surface area (Å²) in [6, 6.07) is 1.83. The molecule has 1 fully saturated rings. The van der Waals surface area contributed by atoms with E-state index in [4.69, 9.17) is 16.3 Å². The van der Waals surface area contributed by atoms with E-state index in [1.165, 1.54) is 32.4 Å². The lowest BCUT2D eigenvalue weighted by Crippen LogP contribution is -2.29. The van der Waals surface area contributed by atoms with Crippen molar-refractivity contribution in [2.75, 3.05) is 19.7 Å². The quantitative estimate of drug-likeness (QED) is 0.648. The summed E-state index contributed by atoms with van der Waals surface area (Å²) in [6.07, 6.45) is 6.68. The lowest BCUT2D eigenvalue weighted by molar-refractivity contribution is 0.110. The van der Waals surface area contributed by atoms with Crippen LogP contribution in [0.5, 0.6) is 0 Å². The van der Waals surface area contributed by atoms with Crippen LogP contribution in [0, 0.1) is 5.92 Å². The Hall–Kier alpha value is -0.420. The fourth-order valence-electron chi connectivity index (χ4n) is 2.27. The normalized spacial score (nSPS) is 18.9. The highest BCUT2D eigenvalue weighted by Gasteiger charge is 2.11. The van der Waals surface area contributed by atoms with Gasteiger partial charge in [0.2, 0.25) is 5.28 Å². The smallest absolute Gasteiger partial charge is 0.222 e. The second-order valence-corrected chi connectivity index (χ2v) is 5.06. The third-order valence-corrected chi connectivity index (χ3v) is 3.42. The van der Waals surface area contributed by atoms with Gasteiger partial charge in [0.15, 0.2) is 0 Å². The number of ether oxygens (including phenoxy) is 1. The molecule has 6 heteroatoms. The maximum absolute atomic E-state index is 5.70. The van der Waals surface area contributed by atoms with Gasteiger partial charge in [-0.3, -0.25) is 0 Å². The van der Waals surface area contributed by atoms with Crippen molar-refractivity contribution >= 4 is 24.0 Å². The van der Waals surface area contributed by atoms with Gasteiger partial charge in [-0.05, 0) is 62.4 Å². The topological polar surface area (TPSA) is 47.0 Å². The third kappa shape index (κ3) is 6.52. The Bertz CT molecular complexity index is 359. The maximum atomic E-state index is 5.70. The summed E-state index contributed by atoms with van der Waals surface area (Å²) in [6.45, 7) is 3.66. The highest BCUT2D eigenvalue weighted by molar-refractivity contribution is 6.28. The van der Waals surface area contributed by atoms with E-state index in [0.29, 0.717) is 6.61 Å². The molecule has 0 aromatic carbocycles. The Morgan fingerprint density at radius 2 is 2.37 bits per heavy atom. The minimum absolute atomic E-state index is 0. The molecule has 0 saturated carbocycles. The highest BCUT2D eigenvalue weighted by Crippen LogP contribution is 2.15. The summed E-state index contributed by atoms with van der Waals surface area (Å²) >= 11 is 5.70. The maximum Gasteiger partial charge on any atom is 0.222 e. The molecule has 1 aromatic heterocycles. The van der Waals surface area contributed by atoms with E-state index in [9.17, 15) is 0 Å². The average Bonchev–Trinajstić information content (AvgIpc) is 2.40. The second kappa shape index (κ2) is 9.48. The van der Waals surface area contributed by atoms with Gasteiger partial charge in [0.25, 0.3) is 0 Å². The van der Waals surface area contributed by atoms with Crippen LogP contribution < -0.4 is 5.32 Å². The van der Waals surface area contributed by atoms with Crippen molar-refractivity contribution in [3.8, 4) is 0 Å². The van der Waals surface area contributed by atoms with Crippen LogP contribution >= 0.6 is 24.0 Å². The molecule has 1 saturated heterocycles. The number of hydrogen-bond donors (Lipinski definition) is 1. The Morgan fingerprint density at radius 1 is 1.47 bits per heavy atom. The van der Waals surface area contributed by atoms with Crippen molar-refractivity contribution in [1.82, 2.24) is 15.3 Å². The molecule has 1 aromatic rings. The van der Waals surface area contributed by atoms with Crippen molar-refractivity contribution in [3.63, 3.8) is 0 Å². The summed E-state index contributed by atoms with van der Waals surface area (Å²) < 4.78 is 5.60. The Morgan fingerprint density at radius 3 is 3.11 bits per heavy atom. The Kier molecular flexibility index (Phi) is 8.30. The van der Waals surface area contributed by atoms with Gasteiger partial charge in [-0.2, -0.15) is 0 Å². The summed E-state index contributed by atoms with van der Waals surface area (Å²) in [5, 5.41) is 3.72. The van der Waals surface area contributed by atoms with Crippen molar-refractivity contribution in [2.24, 2.45) is 5.92 Å². The lowest BCUT2D eigenvalue weighted by atomic mass is 9.95. The Balaban J connectivity index is 0.00000180. The number of piperidine rings is 1. The molecule has 0 radical (unpaired) electrons. The van der Waals surface area contributed by atoms with Crippen molar-refractivity contribution < 1.29 is 4.74 Å². The first kappa shape index (κ1) is 16.6. The molecule has 1 N–H and O–H groups in total. The van der Waals surface area contributed by atoms with Gasteiger partial charge in [-0.15, -0.1) is 12.4 Å². The molecule has 0 amide bonds. The molecule has 1 aliphatic rings. The van der Waals surface area contributed by atoms with Crippen LogP contribution in [0.25, 0.3) is 0 Å². The molecule has 1 atom stereocenters. The molecular formula is C13H21Cl2N3O. The highest BCUT2D eigenvalue weighted by atomic mass is 35.5. The van der Waals surface area contributed by atoms with Gasteiger partial charge >= 0.3 is 0 Å². The largest absolute Gasteiger partial charge is 0.375 e. The first-order valence-corrected chi connectivity index (χ1v) is 6.98. The number of rotatable bonds is 6. The summed E-state index contributed by atoms with van der Waals surface area (Å²) in [7, 11) is 0. The van der Waals surface area contributed by atoms with E-state index in [2.05, 4.69) is 15.3 Å². The molecule has 1 unspecified atom stereocenters. The van der Waals surface area contributed by atoms with Crippen LogP contribution in [0.4, 0.5) is 0 Å². The molecule has 0 bridgehead atoms. The second-order valence-electron chi connectivity index (χ2n) is 4.72. The number of nitrogens with zero attached hydrogens (tertiary/aromatic N) is 2. The fourth-order valence-corrected chi connectivity index (χ4v) is 2.44. The molecule has 0 spiro atoms. The van der Waals surface area contributed by atoms with Gasteiger partial charge in [0, 0.05) is 12.8 Å². The minimum Gasteiger partial charge on any atom is -0.375 e. The van der Waals surface area contributed by atoms with E-state index in [-0.39, 0.29) is 17.7 Å². The predicted octanol–water partition coefficient (Wildman–Crippen LogP) is 2.85. The zero-order chi connectivity index (χ0) is 12.6. The van der Waals surface area contributed by atoms with Gasteiger partial charge in [0.05, 0.1) is 12.3 Å². The van der Waals surface area contributed by atoms with Gasteiger partial charge < -0.3 is 10.1 Å². The van der Waals surface area contributed by atoms with E-state index < -0.39 is 0 Å². The molecule has 1 aliphatic heterocycles. The fraction of sp³-hybridized carbons (Fsp3) is 0.692. The van der Waals surface area contributed by atoms with Crippen LogP contribution in [0.1, 0.15) is 31.4 Å². The minimum atomic E-state index is 0. The Labute approximate surface area is 125 Å². The van der Waals surface area contributed by atoms with Gasteiger partial charge in [0.1, 0.15) is 0 Å². The van der Waals surface area contributed by atoms with Gasteiger partial charge in [-0.1, -0.05) is 0 Å². The van der Waals surface area contributed by atoms with Crippen LogP contribution in [0.3, 0.4) is 0 Å². The zero-order valence-corrected chi connectivity index (χ0v) is 12.6. The molecular weight excluding hydrogens is 285 g/mol. The van der Waals surface area contributed by atoms with E-state index >= 15 is 0 Å². The first-order chi connectivity index (χ1) is 8.84. The number of aromatic nitrogens is 2. The molecule has 2 heterocycles. The van der Waals surface area contributed by atoms with Gasteiger partial charge in [-0.25, -0.2) is 9.97 Å². The standard InChI is InChI=1S/C13H20ClN3O.ClH/c14-13-16-7-5-12(17-13)10-18-8-2-4-11-3-1-6-15-9-11;/h5,7,11,15H,1-4,6,8-10H2;1H. The number of hydrogen-bond acceptors (Lipinski definition) is 4. The van der Waals surface area contributed by atoms with E-state index in [1.807, 2.05) is 6.07 Å². The lowest BCUT2D eigenvalue weighted by Gasteiger charge is -2.22. The SMILES string of the molecule is Cl.Clc1nccc(COCCCC2CCCNC2)n1. The molecule has 0 aliphatic carbocycles. The van der Waals surface area contributed by atoms with E-state index in [0.717, 1.165) is 24.6 Å². The number of halogens is 2. The van der Waals surface area contributed by atoms with Crippen molar-refractivity contribution in [3.05, 3.63) is 23.2 Å². The molecule has 4 nitrogen and oxygen atoms in total. The van der Waals surface area contributed by atoms with Crippen molar-refractivity contribution in [1.29, 1.82) is 0 Å². The van der Waals surface area contributed by atoms with Crippen LogP contribution in [0.2, 0.25) is 5.28 Å². The number of nitrogens with one attached hydrogen (secondary N) is 1. The molecule has 19 heavy (non-hydrogen) atoms. The summed E-state index contributed by atoms with van der Waals surface area (Å²) in [5.41, 5.74) is 0.842. The van der Waals surface area contributed by atoms with E-state index in [1.54, 1.807) is 6.20 Å². The first-order valence-electron chi connectivity index (χ1n) is 6.60. The summed E-state index contributed by atoms with van der Waals surface area (Å²) in [5.74, 6) is 0.829. The third-order valence-electron chi connectivity index (χ3n) is 3.23. The van der Waals surface area contributed by atoms with Crippen LogP contribution in [-0.2, 0) is 11.3 Å². The summed E-state index contributed by atoms with van der Waals surface area (Å²) in [4.78, 5) is 7.92. The molecule has 108 valence electrons. The van der Waals surface area contributed by atoms with Crippen LogP contribution in [-0.4, -0.2) is 29.7 Å². The van der Waals surface area contributed by atoms with Crippen LogP contribution in [0.15, 0.2) is 12.3 Å². The predicted molar refractivity (Wildman–Crippen MR) is 78.8 cm³/mol. The molecule has 2 rings (SSSR count). The average molecular weight is 306 g/mol.